The van der Waals surface area contributed by atoms with E-state index >= 15 is 0 Å². The van der Waals surface area contributed by atoms with Gasteiger partial charge in [0.25, 0.3) is 0 Å². The Balaban J connectivity index is 0.000000607. The van der Waals surface area contributed by atoms with Crippen LogP contribution in [0.15, 0.2) is 24.4 Å². The molecule has 0 bridgehead atoms. The molecule has 0 radical (unpaired) electrons. The summed E-state index contributed by atoms with van der Waals surface area (Å²) in [6.45, 7) is 5.64. The fraction of sp³-hybridized carbons (Fsp3) is 0.722. The molecule has 0 aliphatic carbocycles. The molecule has 6 nitrogen and oxygen atoms in total. The van der Waals surface area contributed by atoms with Crippen LogP contribution in [0.2, 0.25) is 0 Å². The molecule has 0 atom stereocenters. The summed E-state index contributed by atoms with van der Waals surface area (Å²) in [4.78, 5) is 0. The Morgan fingerprint density at radius 2 is 1.22 bits per heavy atom. The monoisotopic (exact) mass is 514 g/mol. The summed E-state index contributed by atoms with van der Waals surface area (Å²) in [6.07, 6.45) is 13.4. The summed E-state index contributed by atoms with van der Waals surface area (Å²) in [7, 11) is -13.4. The lowest BCUT2D eigenvalue weighted by Gasteiger charge is -2.22. The Bertz CT molecular complexity index is 843. The van der Waals surface area contributed by atoms with Crippen molar-refractivity contribution >= 4 is 20.0 Å². The van der Waals surface area contributed by atoms with Gasteiger partial charge in [-0.25, -0.2) is 21.4 Å². The molecule has 0 fully saturated rings. The number of hydrogen-bond acceptors (Lipinski definition) is 4. The lowest BCUT2D eigenvalue weighted by molar-refractivity contribution is -0.703. The number of aromatic nitrogens is 1. The molecule has 0 aliphatic heterocycles. The lowest BCUT2D eigenvalue weighted by atomic mass is 10.1. The van der Waals surface area contributed by atoms with Gasteiger partial charge in [-0.2, -0.15) is 26.3 Å². The van der Waals surface area contributed by atoms with E-state index in [1.165, 1.54) is 63.6 Å². The number of sulfonamides is 2. The van der Waals surface area contributed by atoms with Crippen LogP contribution in [-0.4, -0.2) is 27.9 Å². The van der Waals surface area contributed by atoms with Gasteiger partial charge in [-0.1, -0.05) is 51.5 Å². The van der Waals surface area contributed by atoms with E-state index in [0.717, 1.165) is 4.13 Å². The van der Waals surface area contributed by atoms with Gasteiger partial charge >= 0.3 is 11.0 Å². The first kappa shape index (κ1) is 30.6. The van der Waals surface area contributed by atoms with Gasteiger partial charge in [-0.3, -0.25) is 0 Å². The Labute approximate surface area is 185 Å². The average molecular weight is 515 g/mol. The van der Waals surface area contributed by atoms with E-state index in [1.54, 1.807) is 0 Å². The van der Waals surface area contributed by atoms with E-state index in [4.69, 9.17) is 0 Å². The first-order valence-corrected chi connectivity index (χ1v) is 12.7. The third-order valence-corrected chi connectivity index (χ3v) is 6.94. The Hall–Kier alpha value is -1.41. The van der Waals surface area contributed by atoms with Gasteiger partial charge in [-0.05, 0) is 6.42 Å². The molecule has 0 amide bonds. The zero-order valence-electron chi connectivity index (χ0n) is 17.8. The molecule has 0 aromatic carbocycles. The highest BCUT2D eigenvalue weighted by Crippen LogP contribution is 2.36. The zero-order valence-corrected chi connectivity index (χ0v) is 19.4. The number of alkyl halides is 6. The Morgan fingerprint density at radius 3 is 1.62 bits per heavy atom. The van der Waals surface area contributed by atoms with Crippen molar-refractivity contribution in [1.82, 2.24) is 0 Å². The van der Waals surface area contributed by atoms with Crippen LogP contribution in [0, 0.1) is 6.92 Å². The highest BCUT2D eigenvalue weighted by atomic mass is 32.3. The van der Waals surface area contributed by atoms with E-state index in [1.807, 2.05) is 0 Å². The third-order valence-electron chi connectivity index (χ3n) is 4.20. The summed E-state index contributed by atoms with van der Waals surface area (Å²) >= 11 is 0. The van der Waals surface area contributed by atoms with Crippen LogP contribution in [0.4, 0.5) is 26.3 Å². The molecule has 32 heavy (non-hydrogen) atoms. The molecule has 0 saturated heterocycles. The topological polar surface area (TPSA) is 86.3 Å². The van der Waals surface area contributed by atoms with Crippen molar-refractivity contribution < 1.29 is 47.7 Å². The second-order valence-corrected chi connectivity index (χ2v) is 10.3. The number of nitrogens with zero attached hydrogens (tertiary/aromatic N) is 2. The molecule has 0 N–H and O–H groups in total. The standard InChI is InChI=1S/C16H28N.C2F6NO4S2/c1-3-4-5-6-7-8-9-11-14-17-15-12-10-13-16(17)2;3-1(4,5)14(10,11)9-15(12,13)2(6,7)8/h10,12-13,15H,3-9,11,14H2,1-2H3;/q+1;-1. The molecular formula is C18H28F6N2O4S2. The Kier molecular flexibility index (Phi) is 12.7. The van der Waals surface area contributed by atoms with E-state index in [0.29, 0.717) is 0 Å². The molecule has 0 unspecified atom stereocenters. The van der Waals surface area contributed by atoms with Crippen LogP contribution < -0.4 is 4.57 Å². The molecule has 1 rings (SSSR count). The molecule has 0 saturated carbocycles. The average Bonchev–Trinajstić information content (AvgIpc) is 2.63. The van der Waals surface area contributed by atoms with Gasteiger partial charge in [0.2, 0.25) is 0 Å². The maximum atomic E-state index is 11.4. The van der Waals surface area contributed by atoms with Gasteiger partial charge in [0.1, 0.15) is 6.54 Å². The lowest BCUT2D eigenvalue weighted by Crippen LogP contribution is -2.36. The maximum Gasteiger partial charge on any atom is 0.480 e. The molecule has 188 valence electrons. The van der Waals surface area contributed by atoms with Gasteiger partial charge in [0.05, 0.1) is 0 Å². The zero-order chi connectivity index (χ0) is 25.1. The number of halogens is 6. The van der Waals surface area contributed by atoms with Crippen molar-refractivity contribution in [3.63, 3.8) is 0 Å². The van der Waals surface area contributed by atoms with Crippen molar-refractivity contribution in [3.8, 4) is 0 Å². The van der Waals surface area contributed by atoms with Crippen LogP contribution in [0.1, 0.15) is 64.0 Å². The summed E-state index contributed by atoms with van der Waals surface area (Å²) in [5.74, 6) is 0. The van der Waals surface area contributed by atoms with Crippen LogP contribution >= 0.6 is 0 Å². The molecule has 1 heterocycles. The van der Waals surface area contributed by atoms with E-state index < -0.39 is 31.1 Å². The summed E-state index contributed by atoms with van der Waals surface area (Å²) in [5.41, 5.74) is -11.0. The van der Waals surface area contributed by atoms with Crippen molar-refractivity contribution in [3.05, 3.63) is 34.2 Å². The first-order chi connectivity index (χ1) is 14.5. The minimum atomic E-state index is -6.72. The number of aryl methyl sites for hydroxylation is 2. The number of hydrogen-bond donors (Lipinski definition) is 0. The van der Waals surface area contributed by atoms with Crippen molar-refractivity contribution in [1.29, 1.82) is 0 Å². The Morgan fingerprint density at radius 1 is 0.781 bits per heavy atom. The van der Waals surface area contributed by atoms with Crippen molar-refractivity contribution in [2.24, 2.45) is 0 Å². The van der Waals surface area contributed by atoms with Crippen molar-refractivity contribution in [2.75, 3.05) is 0 Å². The second-order valence-electron chi connectivity index (χ2n) is 6.93. The summed E-state index contributed by atoms with van der Waals surface area (Å²) in [6, 6.07) is 6.42. The van der Waals surface area contributed by atoms with E-state index in [9.17, 15) is 43.2 Å². The molecule has 14 heteroatoms. The normalized spacial score (nSPS) is 12.9. The quantitative estimate of drug-likeness (QED) is 0.222. The minimum absolute atomic E-state index is 0.778. The fourth-order valence-corrected chi connectivity index (χ4v) is 4.15. The van der Waals surface area contributed by atoms with Gasteiger partial charge in [0, 0.05) is 25.5 Å². The molecule has 0 aliphatic rings. The van der Waals surface area contributed by atoms with E-state index in [2.05, 4.69) is 42.8 Å². The number of unbranched alkanes of at least 4 members (excludes halogenated alkanes) is 7. The second kappa shape index (κ2) is 13.3. The molecule has 0 spiro atoms. The number of rotatable bonds is 11. The van der Waals surface area contributed by atoms with Gasteiger partial charge in [-0.15, -0.1) is 0 Å². The van der Waals surface area contributed by atoms with Gasteiger partial charge in [0.15, 0.2) is 31.9 Å². The first-order valence-electron chi connectivity index (χ1n) is 9.87. The predicted octanol–water partition coefficient (Wildman–Crippen LogP) is 5.48. The third kappa shape index (κ3) is 11.5. The SMILES string of the molecule is CCCCCCCCCC[n+]1ccccc1C.O=S(=O)([N-]S(=O)(=O)C(F)(F)F)C(F)(F)F. The summed E-state index contributed by atoms with van der Waals surface area (Å²) in [5, 5.41) is 0. The fourth-order valence-electron chi connectivity index (χ4n) is 2.44. The number of pyridine rings is 1. The van der Waals surface area contributed by atoms with Crippen molar-refractivity contribution in [2.45, 2.75) is 82.8 Å². The largest absolute Gasteiger partial charge is 0.480 e. The molecular weight excluding hydrogens is 486 g/mol. The van der Waals surface area contributed by atoms with Crippen LogP contribution in [-0.2, 0) is 26.6 Å². The molecule has 1 aromatic heterocycles. The van der Waals surface area contributed by atoms with Crippen LogP contribution in [0.25, 0.3) is 4.13 Å². The summed E-state index contributed by atoms with van der Waals surface area (Å²) < 4.78 is 112. The van der Waals surface area contributed by atoms with Gasteiger partial charge < -0.3 is 4.13 Å². The van der Waals surface area contributed by atoms with E-state index in [-0.39, 0.29) is 0 Å². The highest BCUT2D eigenvalue weighted by molar-refractivity contribution is 8.13. The predicted molar refractivity (Wildman–Crippen MR) is 107 cm³/mol. The minimum Gasteiger partial charge on any atom is -0.421 e. The molecule has 1 aromatic rings. The smallest absolute Gasteiger partial charge is 0.421 e. The van der Waals surface area contributed by atoms with Crippen LogP contribution in [0.5, 0.6) is 0 Å². The highest BCUT2D eigenvalue weighted by Gasteiger charge is 2.46. The maximum absolute atomic E-state index is 11.4. The van der Waals surface area contributed by atoms with Crippen LogP contribution in [0.3, 0.4) is 0 Å².